The molecule has 0 spiro atoms. The van der Waals surface area contributed by atoms with Gasteiger partial charge in [0.1, 0.15) is 17.4 Å². The Morgan fingerprint density at radius 1 is 1.50 bits per heavy atom. The van der Waals surface area contributed by atoms with Crippen LogP contribution in [0.1, 0.15) is 5.56 Å². The summed E-state index contributed by atoms with van der Waals surface area (Å²) in [5, 5.41) is 0.399. The monoisotopic (exact) mass is 206 g/mol. The van der Waals surface area contributed by atoms with Crippen LogP contribution < -0.4 is 5.73 Å². The number of halogens is 1. The highest BCUT2D eigenvalue weighted by molar-refractivity contribution is 6.33. The van der Waals surface area contributed by atoms with Gasteiger partial charge >= 0.3 is 0 Å². The van der Waals surface area contributed by atoms with E-state index in [0.29, 0.717) is 17.2 Å². The Bertz CT molecular complexity index is 520. The molecule has 0 aliphatic heterocycles. The Hall–Kier alpha value is -1.57. The molecule has 2 heterocycles. The van der Waals surface area contributed by atoms with Crippen molar-refractivity contribution in [1.29, 1.82) is 0 Å². The maximum absolute atomic E-state index is 5.85. The van der Waals surface area contributed by atoms with Gasteiger partial charge < -0.3 is 10.7 Å². The number of aromatic nitrogens is 3. The van der Waals surface area contributed by atoms with Gasteiger partial charge in [-0.15, -0.1) is 0 Å². The zero-order valence-corrected chi connectivity index (χ0v) is 7.97. The lowest BCUT2D eigenvalue weighted by atomic mass is 10.3. The molecule has 0 aliphatic rings. The molecule has 2 aromatic rings. The third kappa shape index (κ3) is 1.43. The van der Waals surface area contributed by atoms with Crippen LogP contribution >= 0.6 is 11.6 Å². The molecule has 0 saturated carbocycles. The van der Waals surface area contributed by atoms with E-state index < -0.39 is 0 Å². The summed E-state index contributed by atoms with van der Waals surface area (Å²) < 4.78 is 0. The van der Waals surface area contributed by atoms with E-state index in [4.69, 9.17) is 17.3 Å². The molecule has 0 radical (unpaired) electrons. The van der Waals surface area contributed by atoms with Gasteiger partial charge in [-0.05, 0) is 0 Å². The van der Waals surface area contributed by atoms with Gasteiger partial charge in [0, 0.05) is 6.20 Å². The average Bonchev–Trinajstić information content (AvgIpc) is 2.60. The third-order valence-electron chi connectivity index (χ3n) is 1.74. The van der Waals surface area contributed by atoms with E-state index in [9.17, 15) is 0 Å². The van der Waals surface area contributed by atoms with Crippen molar-refractivity contribution in [2.75, 3.05) is 6.54 Å². The minimum absolute atomic E-state index is 0.325. The molecular formula is C9H7ClN4. The summed E-state index contributed by atoms with van der Waals surface area (Å²) in [5.41, 5.74) is 7.50. The minimum Gasteiger partial charge on any atom is -0.356 e. The fraction of sp³-hybridized carbons (Fsp3) is 0.111. The lowest BCUT2D eigenvalue weighted by molar-refractivity contribution is 1.22. The van der Waals surface area contributed by atoms with Crippen molar-refractivity contribution in [1.82, 2.24) is 15.0 Å². The molecule has 14 heavy (non-hydrogen) atoms. The summed E-state index contributed by atoms with van der Waals surface area (Å²) in [7, 11) is 0. The van der Waals surface area contributed by atoms with E-state index in [2.05, 4.69) is 26.8 Å². The molecule has 0 atom stereocenters. The molecule has 3 N–H and O–H groups in total. The van der Waals surface area contributed by atoms with Gasteiger partial charge in [0.15, 0.2) is 5.15 Å². The number of hydrogen-bond acceptors (Lipinski definition) is 3. The van der Waals surface area contributed by atoms with Crippen LogP contribution in [0, 0.1) is 11.8 Å². The molecule has 0 unspecified atom stereocenters. The first-order chi connectivity index (χ1) is 6.83. The predicted molar refractivity (Wildman–Crippen MR) is 54.8 cm³/mol. The van der Waals surface area contributed by atoms with Gasteiger partial charge in [0.05, 0.1) is 12.1 Å². The third-order valence-corrected chi connectivity index (χ3v) is 2.03. The molecule has 2 rings (SSSR count). The standard InChI is InChI=1S/C9H7ClN4/c10-9-8-7(13-5-14-9)6(4-12-8)2-1-3-11/h4-5,12H,3,11H2. The number of nitrogens with zero attached hydrogens (tertiary/aromatic N) is 2. The van der Waals surface area contributed by atoms with Gasteiger partial charge in [-0.3, -0.25) is 0 Å². The van der Waals surface area contributed by atoms with Crippen molar-refractivity contribution in [2.24, 2.45) is 5.73 Å². The number of hydrogen-bond donors (Lipinski definition) is 2. The first-order valence-electron chi connectivity index (χ1n) is 3.99. The fourth-order valence-corrected chi connectivity index (χ4v) is 1.34. The molecule has 70 valence electrons. The second kappa shape index (κ2) is 3.66. The summed E-state index contributed by atoms with van der Waals surface area (Å²) in [6.45, 7) is 0.325. The van der Waals surface area contributed by atoms with Crippen molar-refractivity contribution < 1.29 is 0 Å². The van der Waals surface area contributed by atoms with E-state index in [1.54, 1.807) is 6.20 Å². The van der Waals surface area contributed by atoms with Crippen LogP contribution in [0.4, 0.5) is 0 Å². The van der Waals surface area contributed by atoms with Gasteiger partial charge in [-0.2, -0.15) is 0 Å². The second-order valence-electron chi connectivity index (χ2n) is 2.60. The van der Waals surface area contributed by atoms with Crippen LogP contribution in [0.5, 0.6) is 0 Å². The van der Waals surface area contributed by atoms with Gasteiger partial charge in [-0.25, -0.2) is 9.97 Å². The van der Waals surface area contributed by atoms with Crippen LogP contribution in [0.2, 0.25) is 5.15 Å². The van der Waals surface area contributed by atoms with Gasteiger partial charge in [0.2, 0.25) is 0 Å². The fourth-order valence-electron chi connectivity index (χ4n) is 1.15. The number of nitrogens with two attached hydrogens (primary N) is 1. The molecule has 0 fully saturated rings. The Balaban J connectivity index is 2.64. The highest BCUT2D eigenvalue weighted by atomic mass is 35.5. The Kier molecular flexibility index (Phi) is 2.35. The summed E-state index contributed by atoms with van der Waals surface area (Å²) in [4.78, 5) is 10.9. The Morgan fingerprint density at radius 2 is 2.36 bits per heavy atom. The quantitative estimate of drug-likeness (QED) is 0.498. The van der Waals surface area contributed by atoms with Crippen LogP contribution in [0.15, 0.2) is 12.5 Å². The number of rotatable bonds is 0. The summed E-state index contributed by atoms with van der Waals surface area (Å²) in [5.74, 6) is 5.66. The Labute approximate surface area is 85.5 Å². The zero-order valence-electron chi connectivity index (χ0n) is 7.21. The molecule has 0 aromatic carbocycles. The molecule has 4 nitrogen and oxygen atoms in total. The highest BCUT2D eigenvalue weighted by Gasteiger charge is 2.05. The summed E-state index contributed by atoms with van der Waals surface area (Å²) in [6.07, 6.45) is 3.15. The maximum Gasteiger partial charge on any atom is 0.156 e. The van der Waals surface area contributed by atoms with Crippen LogP contribution in [-0.4, -0.2) is 21.5 Å². The van der Waals surface area contributed by atoms with Crippen molar-refractivity contribution >= 4 is 22.6 Å². The van der Waals surface area contributed by atoms with E-state index in [1.807, 2.05) is 0 Å². The average molecular weight is 207 g/mol. The van der Waals surface area contributed by atoms with E-state index in [-0.39, 0.29) is 0 Å². The summed E-state index contributed by atoms with van der Waals surface area (Å²) >= 11 is 5.85. The van der Waals surface area contributed by atoms with Crippen molar-refractivity contribution in [3.05, 3.63) is 23.2 Å². The van der Waals surface area contributed by atoms with Crippen molar-refractivity contribution in [3.63, 3.8) is 0 Å². The minimum atomic E-state index is 0.325. The first-order valence-corrected chi connectivity index (χ1v) is 4.37. The largest absolute Gasteiger partial charge is 0.356 e. The van der Waals surface area contributed by atoms with E-state index >= 15 is 0 Å². The number of H-pyrrole nitrogens is 1. The van der Waals surface area contributed by atoms with E-state index in [1.165, 1.54) is 6.33 Å². The predicted octanol–water partition coefficient (Wildman–Crippen LogP) is 0.921. The number of fused-ring (bicyclic) bond motifs is 1. The zero-order chi connectivity index (χ0) is 9.97. The lowest BCUT2D eigenvalue weighted by Gasteiger charge is -1.90. The molecule has 0 aliphatic carbocycles. The molecule has 0 amide bonds. The van der Waals surface area contributed by atoms with Crippen LogP contribution in [-0.2, 0) is 0 Å². The van der Waals surface area contributed by atoms with Gasteiger partial charge in [-0.1, -0.05) is 23.4 Å². The first kappa shape index (κ1) is 9.00. The van der Waals surface area contributed by atoms with E-state index in [0.717, 1.165) is 11.1 Å². The second-order valence-corrected chi connectivity index (χ2v) is 2.95. The number of nitrogens with one attached hydrogen (secondary N) is 1. The lowest BCUT2D eigenvalue weighted by Crippen LogP contribution is -1.92. The highest BCUT2D eigenvalue weighted by Crippen LogP contribution is 2.19. The Morgan fingerprint density at radius 3 is 3.14 bits per heavy atom. The smallest absolute Gasteiger partial charge is 0.156 e. The maximum atomic E-state index is 5.85. The molecule has 0 saturated heterocycles. The van der Waals surface area contributed by atoms with Crippen molar-refractivity contribution in [3.8, 4) is 11.8 Å². The van der Waals surface area contributed by atoms with Crippen molar-refractivity contribution in [2.45, 2.75) is 0 Å². The van der Waals surface area contributed by atoms with Gasteiger partial charge in [0.25, 0.3) is 0 Å². The normalized spacial score (nSPS) is 9.86. The molecular weight excluding hydrogens is 200 g/mol. The number of aromatic amines is 1. The van der Waals surface area contributed by atoms with Crippen LogP contribution in [0.25, 0.3) is 11.0 Å². The molecule has 5 heteroatoms. The van der Waals surface area contributed by atoms with Crippen LogP contribution in [0.3, 0.4) is 0 Å². The topological polar surface area (TPSA) is 67.6 Å². The molecule has 2 aromatic heterocycles. The summed E-state index contributed by atoms with van der Waals surface area (Å²) in [6, 6.07) is 0. The SMILES string of the molecule is NCC#Cc1c[nH]c2c(Cl)ncnc12. The molecule has 0 bridgehead atoms.